The van der Waals surface area contributed by atoms with Crippen LogP contribution in [-0.4, -0.2) is 36.1 Å². The monoisotopic (exact) mass is 170 g/mol. The fourth-order valence-electron chi connectivity index (χ4n) is 0.856. The van der Waals surface area contributed by atoms with Crippen molar-refractivity contribution in [3.8, 4) is 0 Å². The van der Waals surface area contributed by atoms with E-state index in [1.165, 1.54) is 6.34 Å². The van der Waals surface area contributed by atoms with Gasteiger partial charge in [0, 0.05) is 13.0 Å². The number of carbonyl (C=O) groups excluding carboxylic acids is 2. The van der Waals surface area contributed by atoms with Crippen LogP contribution in [0.4, 0.5) is 0 Å². The highest BCUT2D eigenvalue weighted by molar-refractivity contribution is 5.92. The summed E-state index contributed by atoms with van der Waals surface area (Å²) in [5.74, 6) is 4.44. The maximum Gasteiger partial charge on any atom is 0.266 e. The molecule has 1 heterocycles. The molecule has 2 amide bonds. The lowest BCUT2D eigenvalue weighted by Gasteiger charge is -2.10. The Morgan fingerprint density at radius 2 is 2.58 bits per heavy atom. The summed E-state index contributed by atoms with van der Waals surface area (Å²) in [5, 5.41) is 0. The second kappa shape index (κ2) is 3.82. The summed E-state index contributed by atoms with van der Waals surface area (Å²) in [5.41, 5.74) is 2.01. The van der Waals surface area contributed by atoms with Gasteiger partial charge in [-0.3, -0.25) is 15.0 Å². The summed E-state index contributed by atoms with van der Waals surface area (Å²) >= 11 is 0. The van der Waals surface area contributed by atoms with E-state index in [-0.39, 0.29) is 24.8 Å². The molecule has 0 atom stereocenters. The Hall–Kier alpha value is -1.43. The third-order valence-corrected chi connectivity index (χ3v) is 1.49. The van der Waals surface area contributed by atoms with Crippen LogP contribution in [0.1, 0.15) is 6.42 Å². The first kappa shape index (κ1) is 8.66. The molecule has 0 saturated heterocycles. The molecule has 66 valence electrons. The van der Waals surface area contributed by atoms with Gasteiger partial charge in [-0.15, -0.1) is 0 Å². The van der Waals surface area contributed by atoms with Gasteiger partial charge in [0.2, 0.25) is 5.91 Å². The van der Waals surface area contributed by atoms with E-state index in [0.717, 1.165) is 0 Å². The lowest BCUT2D eigenvalue weighted by molar-refractivity contribution is -0.122. The zero-order valence-corrected chi connectivity index (χ0v) is 6.49. The number of hydrazine groups is 1. The van der Waals surface area contributed by atoms with E-state index in [0.29, 0.717) is 6.54 Å². The molecule has 12 heavy (non-hydrogen) atoms. The molecule has 0 aromatic rings. The van der Waals surface area contributed by atoms with E-state index >= 15 is 0 Å². The minimum atomic E-state index is -0.247. The van der Waals surface area contributed by atoms with Crippen molar-refractivity contribution in [2.45, 2.75) is 6.42 Å². The molecule has 0 aromatic carbocycles. The Balaban J connectivity index is 2.21. The zero-order chi connectivity index (χ0) is 8.97. The van der Waals surface area contributed by atoms with Crippen molar-refractivity contribution >= 4 is 18.2 Å². The van der Waals surface area contributed by atoms with Gasteiger partial charge in [0.1, 0.15) is 6.54 Å². The number of nitrogens with one attached hydrogen (secondary N) is 1. The molecule has 6 heteroatoms. The zero-order valence-electron chi connectivity index (χ0n) is 6.49. The first-order chi connectivity index (χ1) is 5.72. The van der Waals surface area contributed by atoms with Crippen LogP contribution >= 0.6 is 0 Å². The van der Waals surface area contributed by atoms with Crippen LogP contribution in [0.3, 0.4) is 0 Å². The molecule has 0 fully saturated rings. The Morgan fingerprint density at radius 3 is 3.08 bits per heavy atom. The Labute approximate surface area is 69.4 Å². The summed E-state index contributed by atoms with van der Waals surface area (Å²) in [6.07, 6.45) is 1.71. The van der Waals surface area contributed by atoms with E-state index in [9.17, 15) is 9.59 Å². The highest BCUT2D eigenvalue weighted by atomic mass is 16.2. The Kier molecular flexibility index (Phi) is 2.76. The van der Waals surface area contributed by atoms with Crippen LogP contribution in [0.2, 0.25) is 0 Å². The lowest BCUT2D eigenvalue weighted by Crippen LogP contribution is -2.33. The maximum atomic E-state index is 10.7. The smallest absolute Gasteiger partial charge is 0.266 e. The molecular weight excluding hydrogens is 160 g/mol. The third-order valence-electron chi connectivity index (χ3n) is 1.49. The van der Waals surface area contributed by atoms with Crippen LogP contribution in [-0.2, 0) is 9.59 Å². The van der Waals surface area contributed by atoms with Crippen molar-refractivity contribution in [1.29, 1.82) is 0 Å². The summed E-state index contributed by atoms with van der Waals surface area (Å²) in [4.78, 5) is 26.4. The second-order valence-corrected chi connectivity index (χ2v) is 2.43. The molecule has 1 aliphatic rings. The van der Waals surface area contributed by atoms with E-state index in [2.05, 4.69) is 4.99 Å². The van der Waals surface area contributed by atoms with Crippen molar-refractivity contribution < 1.29 is 9.59 Å². The summed E-state index contributed by atoms with van der Waals surface area (Å²) in [6, 6.07) is 0. The van der Waals surface area contributed by atoms with Crippen molar-refractivity contribution in [3.05, 3.63) is 0 Å². The normalized spacial score (nSPS) is 15.4. The van der Waals surface area contributed by atoms with Crippen LogP contribution in [0, 0.1) is 0 Å². The first-order valence-corrected chi connectivity index (χ1v) is 3.53. The fraction of sp³-hybridized carbons (Fsp3) is 0.500. The third kappa shape index (κ3) is 2.31. The van der Waals surface area contributed by atoms with Crippen LogP contribution in [0.5, 0.6) is 0 Å². The number of rotatable bonds is 3. The van der Waals surface area contributed by atoms with Gasteiger partial charge in [-0.2, -0.15) is 0 Å². The molecular formula is C6H10N4O2. The van der Waals surface area contributed by atoms with Crippen LogP contribution < -0.4 is 11.3 Å². The summed E-state index contributed by atoms with van der Waals surface area (Å²) in [7, 11) is 0. The van der Waals surface area contributed by atoms with Crippen LogP contribution in [0.25, 0.3) is 0 Å². The molecule has 1 aliphatic heterocycles. The molecule has 1 rings (SSSR count). The van der Waals surface area contributed by atoms with Crippen molar-refractivity contribution in [3.63, 3.8) is 0 Å². The molecule has 0 spiro atoms. The number of carbonyl (C=O) groups is 2. The molecule has 0 unspecified atom stereocenters. The predicted molar refractivity (Wildman–Crippen MR) is 42.0 cm³/mol. The maximum absolute atomic E-state index is 10.7. The highest BCUT2D eigenvalue weighted by Gasteiger charge is 2.13. The number of nitrogens with two attached hydrogens (primary N) is 1. The molecule has 0 aromatic heterocycles. The van der Waals surface area contributed by atoms with Gasteiger partial charge in [0.15, 0.2) is 0 Å². The van der Waals surface area contributed by atoms with Crippen molar-refractivity contribution in [1.82, 2.24) is 10.3 Å². The minimum absolute atomic E-state index is 0.178. The molecule has 6 nitrogen and oxygen atoms in total. The Morgan fingerprint density at radius 1 is 1.83 bits per heavy atom. The molecule has 0 aliphatic carbocycles. The topological polar surface area (TPSA) is 87.8 Å². The van der Waals surface area contributed by atoms with Gasteiger partial charge in [-0.1, -0.05) is 0 Å². The number of amides is 2. The van der Waals surface area contributed by atoms with E-state index in [1.807, 2.05) is 5.43 Å². The summed E-state index contributed by atoms with van der Waals surface area (Å²) < 4.78 is 0. The largest absolute Gasteiger partial charge is 0.353 e. The highest BCUT2D eigenvalue weighted by Crippen LogP contribution is 1.95. The van der Waals surface area contributed by atoms with Crippen LogP contribution in [0.15, 0.2) is 4.99 Å². The molecule has 0 bridgehead atoms. The number of hydrogen-bond acceptors (Lipinski definition) is 4. The van der Waals surface area contributed by atoms with E-state index in [4.69, 9.17) is 5.84 Å². The average molecular weight is 170 g/mol. The van der Waals surface area contributed by atoms with Gasteiger partial charge >= 0.3 is 0 Å². The molecule has 0 radical (unpaired) electrons. The van der Waals surface area contributed by atoms with E-state index in [1.54, 1.807) is 4.90 Å². The van der Waals surface area contributed by atoms with Crippen molar-refractivity contribution in [2.75, 3.05) is 13.1 Å². The minimum Gasteiger partial charge on any atom is -0.353 e. The van der Waals surface area contributed by atoms with Gasteiger partial charge in [0.25, 0.3) is 5.91 Å². The molecule has 0 saturated carbocycles. The lowest BCUT2D eigenvalue weighted by atomic mass is 10.4. The summed E-state index contributed by atoms with van der Waals surface area (Å²) in [6.45, 7) is 0.732. The van der Waals surface area contributed by atoms with Gasteiger partial charge in [-0.05, 0) is 0 Å². The first-order valence-electron chi connectivity index (χ1n) is 3.53. The Bertz CT molecular complexity index is 226. The SMILES string of the molecule is NNC(=O)CCN1C=NC(=O)C1. The number of nitrogens with zero attached hydrogens (tertiary/aromatic N) is 2. The second-order valence-electron chi connectivity index (χ2n) is 2.43. The number of hydrogen-bond donors (Lipinski definition) is 2. The predicted octanol–water partition coefficient (Wildman–Crippen LogP) is -1.76. The average Bonchev–Trinajstić information content (AvgIpc) is 2.47. The quantitative estimate of drug-likeness (QED) is 0.298. The fourth-order valence-corrected chi connectivity index (χ4v) is 0.856. The van der Waals surface area contributed by atoms with E-state index < -0.39 is 0 Å². The number of aliphatic imine (C=N–C) groups is 1. The van der Waals surface area contributed by atoms with Crippen molar-refractivity contribution in [2.24, 2.45) is 10.8 Å². The molecule has 3 N–H and O–H groups in total. The van der Waals surface area contributed by atoms with Gasteiger partial charge in [-0.25, -0.2) is 10.8 Å². The van der Waals surface area contributed by atoms with Gasteiger partial charge in [0.05, 0.1) is 6.34 Å². The standard InChI is InChI=1S/C6H10N4O2/c7-9-5(11)1-2-10-3-6(12)8-4-10/h4H,1-3,7H2,(H,9,11). The van der Waals surface area contributed by atoms with Gasteiger partial charge < -0.3 is 4.90 Å².